The summed E-state index contributed by atoms with van der Waals surface area (Å²) in [5.41, 5.74) is 0.288. The SMILES string of the molecule is C#CCC(C)(C)CC(=O)Nc1cc(C(=O)NCCCOCCOCCOCCCNC(=O)CCCCC2SCC(NC)C2NC=O)cc(C(=O)NCCCOCCOCCOCCCNC(=O)CCCCC2SCC3NC(=O)NC32)c1. The number of rotatable bonds is 47. The monoisotopic (exact) mass is 1180 g/mol. The molecule has 1 aromatic carbocycles. The Morgan fingerprint density at radius 1 is 0.630 bits per heavy atom. The Bertz CT molecular complexity index is 2090. The van der Waals surface area contributed by atoms with Gasteiger partial charge in [-0.1, -0.05) is 26.7 Å². The number of hydrogen-bond donors (Lipinski definition) is 9. The molecule has 3 fully saturated rings. The van der Waals surface area contributed by atoms with Gasteiger partial charge in [0.05, 0.1) is 71.0 Å². The molecule has 22 nitrogen and oxygen atoms in total. The van der Waals surface area contributed by atoms with Crippen molar-refractivity contribution in [2.24, 2.45) is 5.41 Å². The van der Waals surface area contributed by atoms with Crippen LogP contribution in [0.5, 0.6) is 0 Å². The lowest BCUT2D eigenvalue weighted by Gasteiger charge is -2.22. The number of benzene rings is 1. The molecule has 0 bridgehead atoms. The summed E-state index contributed by atoms with van der Waals surface area (Å²) in [5.74, 6) is 3.48. The van der Waals surface area contributed by atoms with Gasteiger partial charge in [0.25, 0.3) is 11.8 Å². The van der Waals surface area contributed by atoms with Crippen LogP contribution in [0.25, 0.3) is 0 Å². The highest BCUT2D eigenvalue weighted by Crippen LogP contribution is 2.34. The van der Waals surface area contributed by atoms with Crippen LogP contribution in [0.2, 0.25) is 0 Å². The molecule has 4 rings (SSSR count). The molecule has 0 aliphatic carbocycles. The molecule has 3 saturated heterocycles. The summed E-state index contributed by atoms with van der Waals surface area (Å²) < 4.78 is 33.8. The number of anilines is 1. The van der Waals surface area contributed by atoms with Crippen LogP contribution in [0, 0.1) is 17.8 Å². The highest BCUT2D eigenvalue weighted by molar-refractivity contribution is 8.00. The van der Waals surface area contributed by atoms with Crippen LogP contribution >= 0.6 is 23.5 Å². The third kappa shape index (κ3) is 29.4. The van der Waals surface area contributed by atoms with Crippen molar-refractivity contribution in [2.75, 3.05) is 129 Å². The second-order valence-electron chi connectivity index (χ2n) is 21.1. The number of unbranched alkanes of at least 4 members (excludes halogenated alkanes) is 2. The van der Waals surface area contributed by atoms with Crippen molar-refractivity contribution in [3.63, 3.8) is 0 Å². The lowest BCUT2D eigenvalue weighted by molar-refractivity contribution is -0.122. The van der Waals surface area contributed by atoms with Crippen molar-refractivity contribution in [2.45, 2.75) is 138 Å². The molecule has 6 atom stereocenters. The summed E-state index contributed by atoms with van der Waals surface area (Å²) in [6.07, 6.45) is 15.8. The van der Waals surface area contributed by atoms with Crippen LogP contribution in [-0.2, 0) is 47.6 Å². The van der Waals surface area contributed by atoms with Gasteiger partial charge in [-0.15, -0.1) is 12.3 Å². The van der Waals surface area contributed by atoms with Crippen molar-refractivity contribution in [3.05, 3.63) is 29.3 Å². The van der Waals surface area contributed by atoms with E-state index in [1.165, 1.54) is 18.2 Å². The van der Waals surface area contributed by atoms with Crippen molar-refractivity contribution in [1.82, 2.24) is 42.5 Å². The molecule has 0 spiro atoms. The first-order valence-corrected chi connectivity index (χ1v) is 31.0. The van der Waals surface area contributed by atoms with Gasteiger partial charge in [-0.3, -0.25) is 28.8 Å². The third-order valence-electron chi connectivity index (χ3n) is 13.7. The van der Waals surface area contributed by atoms with E-state index >= 15 is 0 Å². The summed E-state index contributed by atoms with van der Waals surface area (Å²) in [4.78, 5) is 86.7. The van der Waals surface area contributed by atoms with Gasteiger partial charge in [0, 0.05) is 123 Å². The molecule has 9 N–H and O–H groups in total. The van der Waals surface area contributed by atoms with E-state index in [1.54, 1.807) is 0 Å². The quantitative estimate of drug-likeness (QED) is 0.0195. The molecule has 81 heavy (non-hydrogen) atoms. The summed E-state index contributed by atoms with van der Waals surface area (Å²) in [6, 6.07) is 5.30. The van der Waals surface area contributed by atoms with Crippen LogP contribution < -0.4 is 47.9 Å². The van der Waals surface area contributed by atoms with E-state index in [0.717, 1.165) is 56.4 Å². The molecule has 3 aliphatic rings. The first-order valence-electron chi connectivity index (χ1n) is 28.9. The van der Waals surface area contributed by atoms with Gasteiger partial charge >= 0.3 is 6.03 Å². The van der Waals surface area contributed by atoms with Crippen molar-refractivity contribution >= 4 is 71.2 Å². The lowest BCUT2D eigenvalue weighted by atomic mass is 9.86. The molecular formula is C57H93N9O13S2. The van der Waals surface area contributed by atoms with Gasteiger partial charge in [-0.05, 0) is 82.0 Å². The fourth-order valence-corrected chi connectivity index (χ4v) is 12.6. The summed E-state index contributed by atoms with van der Waals surface area (Å²) in [6.45, 7) is 10.6. The molecule has 6 unspecified atom stereocenters. The molecule has 1 aromatic rings. The number of terminal acetylenes is 1. The standard InChI is InChI=1S/C57H93N9O13S2/c1-5-18-57(2,3)38-51(70)64-44-36-42(54(71)61-21-12-25-76-29-33-78-31-27-74-23-10-19-59-49(68)16-8-6-14-47-52(63-41-67)45(58-4)39-80-47)35-43(37-44)55(72)62-22-13-26-77-30-34-79-32-28-75-24-11-20-60-50(69)17-9-7-15-48-53-46(40-81-48)65-56(73)66-53/h1,35-37,41,45-48,52-53,58H,6-34,38-40H2,2-4H3,(H,59,68)(H,60,69)(H,61,71)(H,62,72)(H,63,67)(H,64,70)(H2,65,66,73). The topological polar surface area (TPSA) is 283 Å². The molecule has 0 saturated carbocycles. The van der Waals surface area contributed by atoms with Crippen LogP contribution in [0.3, 0.4) is 0 Å². The van der Waals surface area contributed by atoms with Crippen molar-refractivity contribution in [1.29, 1.82) is 0 Å². The number of thioether (sulfide) groups is 2. The van der Waals surface area contributed by atoms with E-state index in [9.17, 15) is 33.6 Å². The van der Waals surface area contributed by atoms with Crippen molar-refractivity contribution in [3.8, 4) is 12.3 Å². The normalized spacial score (nSPS) is 19.2. The molecular weight excluding hydrogens is 1080 g/mol. The molecule has 24 heteroatoms. The Kier molecular flexibility index (Phi) is 35.1. The first kappa shape index (κ1) is 68.8. The number of carbonyl (C=O) groups is 7. The van der Waals surface area contributed by atoms with Crippen LogP contribution in [0.1, 0.15) is 124 Å². The fraction of sp³-hybridized carbons (Fsp3) is 0.737. The van der Waals surface area contributed by atoms with Gasteiger partial charge in [-0.2, -0.15) is 23.5 Å². The molecule has 456 valence electrons. The minimum Gasteiger partial charge on any atom is -0.379 e. The minimum absolute atomic E-state index is 0.0371. The van der Waals surface area contributed by atoms with Crippen LogP contribution in [0.15, 0.2) is 18.2 Å². The number of fused-ring (bicyclic) bond motifs is 1. The lowest BCUT2D eigenvalue weighted by Crippen LogP contribution is -2.48. The van der Waals surface area contributed by atoms with E-state index < -0.39 is 17.2 Å². The number of carbonyl (C=O) groups excluding carboxylic acids is 7. The maximum Gasteiger partial charge on any atom is 0.315 e. The average molecular weight is 1180 g/mol. The maximum atomic E-state index is 13.3. The zero-order valence-corrected chi connectivity index (χ0v) is 49.7. The molecule has 3 aliphatic heterocycles. The molecule has 0 aromatic heterocycles. The Balaban J connectivity index is 0.978. The largest absolute Gasteiger partial charge is 0.379 e. The number of hydrogen-bond acceptors (Lipinski definition) is 16. The van der Waals surface area contributed by atoms with E-state index in [1.807, 2.05) is 44.4 Å². The first-order chi connectivity index (χ1) is 39.3. The number of ether oxygens (including phenoxy) is 6. The zero-order valence-electron chi connectivity index (χ0n) is 48.1. The van der Waals surface area contributed by atoms with Gasteiger partial charge in [0.2, 0.25) is 24.1 Å². The Morgan fingerprint density at radius 3 is 1.58 bits per heavy atom. The van der Waals surface area contributed by atoms with Crippen LogP contribution in [0.4, 0.5) is 10.5 Å². The maximum absolute atomic E-state index is 13.3. The third-order valence-corrected chi connectivity index (χ3v) is 16.7. The van der Waals surface area contributed by atoms with Gasteiger partial charge < -0.3 is 76.3 Å². The number of likely N-dealkylation sites (N-methyl/N-ethyl adjacent to an activating group) is 1. The van der Waals surface area contributed by atoms with Gasteiger partial charge in [-0.25, -0.2) is 4.79 Å². The van der Waals surface area contributed by atoms with Gasteiger partial charge in [0.15, 0.2) is 0 Å². The Morgan fingerprint density at radius 2 is 1.10 bits per heavy atom. The summed E-state index contributed by atoms with van der Waals surface area (Å²) >= 11 is 3.76. The zero-order chi connectivity index (χ0) is 58.3. The highest BCUT2D eigenvalue weighted by atomic mass is 32.2. The summed E-state index contributed by atoms with van der Waals surface area (Å²) in [7, 11) is 1.91. The number of nitrogens with one attached hydrogen (secondary N) is 9. The fourth-order valence-electron chi connectivity index (χ4n) is 9.39. The Hall–Kier alpha value is -4.71. The number of amides is 8. The van der Waals surface area contributed by atoms with E-state index in [2.05, 4.69) is 53.8 Å². The smallest absolute Gasteiger partial charge is 0.315 e. The average Bonchev–Trinajstić information content (AvgIpc) is 4.19. The second kappa shape index (κ2) is 41.3. The predicted molar refractivity (Wildman–Crippen MR) is 315 cm³/mol. The molecule has 8 amide bonds. The predicted octanol–water partition coefficient (Wildman–Crippen LogP) is 3.52. The van der Waals surface area contributed by atoms with E-state index in [4.69, 9.17) is 34.8 Å². The summed E-state index contributed by atoms with van der Waals surface area (Å²) in [5, 5.41) is 27.4. The second-order valence-corrected chi connectivity index (χ2v) is 23.6. The highest BCUT2D eigenvalue weighted by Gasteiger charge is 2.42. The Labute approximate surface area is 488 Å². The van der Waals surface area contributed by atoms with E-state index in [-0.39, 0.29) is 65.5 Å². The van der Waals surface area contributed by atoms with Crippen LogP contribution in [-0.4, -0.2) is 201 Å². The van der Waals surface area contributed by atoms with Gasteiger partial charge in [0.1, 0.15) is 0 Å². The minimum atomic E-state index is -0.445. The van der Waals surface area contributed by atoms with Crippen molar-refractivity contribution < 1.29 is 62.0 Å². The molecule has 3 heterocycles. The number of urea groups is 1. The molecule has 0 radical (unpaired) electrons. The van der Waals surface area contributed by atoms with E-state index in [0.29, 0.717) is 167 Å².